The molecule has 0 unspecified atom stereocenters. The molecule has 4 nitrogen and oxygen atoms in total. The third-order valence-corrected chi connectivity index (χ3v) is 2.38. The Labute approximate surface area is 109 Å². The van der Waals surface area contributed by atoms with Crippen LogP contribution in [0.4, 0.5) is 4.79 Å². The lowest BCUT2D eigenvalue weighted by atomic mass is 10.1. The molecule has 0 aliphatic carbocycles. The molecule has 0 aliphatic rings. The van der Waals surface area contributed by atoms with Crippen molar-refractivity contribution in [2.45, 2.75) is 40.0 Å². The molecule has 1 N–H and O–H groups in total. The van der Waals surface area contributed by atoms with Gasteiger partial charge in [0, 0.05) is 6.42 Å². The zero-order chi connectivity index (χ0) is 14.0. The van der Waals surface area contributed by atoms with E-state index in [0.717, 1.165) is 12.8 Å². The highest BCUT2D eigenvalue weighted by Crippen LogP contribution is 2.07. The highest BCUT2D eigenvalue weighted by molar-refractivity contribution is 5.85. The van der Waals surface area contributed by atoms with Crippen molar-refractivity contribution in [1.29, 1.82) is 0 Å². The van der Waals surface area contributed by atoms with Gasteiger partial charge in [-0.25, -0.2) is 4.79 Å². The molecule has 0 saturated carbocycles. The minimum Gasteiger partial charge on any atom is -0.453 e. The molecule has 0 bridgehead atoms. The van der Waals surface area contributed by atoms with Crippen LogP contribution in [0.5, 0.6) is 0 Å². The van der Waals surface area contributed by atoms with Crippen molar-refractivity contribution >= 4 is 11.9 Å². The molecule has 0 aromatic rings. The Bertz CT molecular complexity index is 339. The first-order valence-electron chi connectivity index (χ1n) is 6.08. The minimum atomic E-state index is -0.576. The molecule has 0 spiro atoms. The Hall–Kier alpha value is -1.58. The van der Waals surface area contributed by atoms with Crippen molar-refractivity contribution in [1.82, 2.24) is 5.32 Å². The number of Topliss-reactive ketones (excluding diaryl/α,β-unsaturated/α-hetero) is 1. The zero-order valence-electron chi connectivity index (χ0n) is 11.7. The Kier molecular flexibility index (Phi) is 8.62. The SMILES string of the molecule is COC(=O)NCC(=O)C/C=C(\C)CCC=C(C)C. The minimum absolute atomic E-state index is 0.0183. The predicted molar refractivity (Wildman–Crippen MR) is 72.5 cm³/mol. The molecular formula is C14H23NO3. The molecule has 0 aliphatic heterocycles. The van der Waals surface area contributed by atoms with Gasteiger partial charge in [0.25, 0.3) is 0 Å². The second-order valence-electron chi connectivity index (χ2n) is 4.46. The van der Waals surface area contributed by atoms with Gasteiger partial charge in [-0.2, -0.15) is 0 Å². The van der Waals surface area contributed by atoms with Gasteiger partial charge in [-0.05, 0) is 33.6 Å². The van der Waals surface area contributed by atoms with Crippen LogP contribution in [0.15, 0.2) is 23.3 Å². The summed E-state index contributed by atoms with van der Waals surface area (Å²) in [6, 6.07) is 0. The lowest BCUT2D eigenvalue weighted by Gasteiger charge is -2.02. The number of alkyl carbamates (subject to hydrolysis) is 1. The number of hydrogen-bond donors (Lipinski definition) is 1. The van der Waals surface area contributed by atoms with Crippen molar-refractivity contribution < 1.29 is 14.3 Å². The van der Waals surface area contributed by atoms with Gasteiger partial charge in [0.15, 0.2) is 5.78 Å². The first-order chi connectivity index (χ1) is 8.45. The molecule has 0 fully saturated rings. The van der Waals surface area contributed by atoms with Crippen molar-refractivity contribution in [2.24, 2.45) is 0 Å². The van der Waals surface area contributed by atoms with E-state index in [2.05, 4.69) is 30.0 Å². The summed E-state index contributed by atoms with van der Waals surface area (Å²) >= 11 is 0. The summed E-state index contributed by atoms with van der Waals surface area (Å²) in [4.78, 5) is 22.2. The van der Waals surface area contributed by atoms with E-state index in [0.29, 0.717) is 6.42 Å². The standard InChI is InChI=1S/C14H23NO3/c1-11(2)6-5-7-12(3)8-9-13(16)10-15-14(17)18-4/h6,8H,5,7,9-10H2,1-4H3,(H,15,17)/b12-8+. The van der Waals surface area contributed by atoms with Gasteiger partial charge in [-0.1, -0.05) is 23.3 Å². The summed E-state index contributed by atoms with van der Waals surface area (Å²) in [5.41, 5.74) is 2.50. The van der Waals surface area contributed by atoms with E-state index in [-0.39, 0.29) is 12.3 Å². The molecule has 1 amide bonds. The third-order valence-electron chi connectivity index (χ3n) is 2.38. The lowest BCUT2D eigenvalue weighted by Crippen LogP contribution is -2.28. The van der Waals surface area contributed by atoms with E-state index in [9.17, 15) is 9.59 Å². The van der Waals surface area contributed by atoms with Crippen LogP contribution in [0.25, 0.3) is 0 Å². The molecule has 0 rings (SSSR count). The van der Waals surface area contributed by atoms with Gasteiger partial charge in [-0.15, -0.1) is 0 Å². The summed E-state index contributed by atoms with van der Waals surface area (Å²) in [7, 11) is 1.27. The number of ketones is 1. The molecule has 102 valence electrons. The number of rotatable bonds is 7. The third kappa shape index (κ3) is 9.63. The number of hydrogen-bond acceptors (Lipinski definition) is 3. The van der Waals surface area contributed by atoms with Crippen molar-refractivity contribution in [3.05, 3.63) is 23.3 Å². The number of nitrogens with one attached hydrogen (secondary N) is 1. The largest absolute Gasteiger partial charge is 0.453 e. The lowest BCUT2D eigenvalue weighted by molar-refractivity contribution is -0.117. The Morgan fingerprint density at radius 3 is 2.39 bits per heavy atom. The van der Waals surface area contributed by atoms with Crippen molar-refractivity contribution in [3.8, 4) is 0 Å². The number of amides is 1. The molecule has 4 heteroatoms. The smallest absolute Gasteiger partial charge is 0.407 e. The van der Waals surface area contributed by atoms with Crippen molar-refractivity contribution in [3.63, 3.8) is 0 Å². The second kappa shape index (κ2) is 9.45. The first-order valence-corrected chi connectivity index (χ1v) is 6.08. The van der Waals surface area contributed by atoms with Crippen LogP contribution >= 0.6 is 0 Å². The maximum Gasteiger partial charge on any atom is 0.407 e. The maximum atomic E-state index is 11.4. The van der Waals surface area contributed by atoms with E-state index < -0.39 is 6.09 Å². The van der Waals surface area contributed by atoms with Crippen LogP contribution in [0.3, 0.4) is 0 Å². The summed E-state index contributed by atoms with van der Waals surface area (Å²) in [6.45, 7) is 6.17. The van der Waals surface area contributed by atoms with E-state index >= 15 is 0 Å². The van der Waals surface area contributed by atoms with Gasteiger partial charge in [0.05, 0.1) is 13.7 Å². The molecule has 0 aromatic carbocycles. The van der Waals surface area contributed by atoms with Crippen LogP contribution in [0, 0.1) is 0 Å². The Morgan fingerprint density at radius 1 is 1.17 bits per heavy atom. The van der Waals surface area contributed by atoms with Crippen molar-refractivity contribution in [2.75, 3.05) is 13.7 Å². The number of carbonyl (C=O) groups is 2. The normalized spacial score (nSPS) is 10.8. The molecule has 0 radical (unpaired) electrons. The molecule has 18 heavy (non-hydrogen) atoms. The fourth-order valence-electron chi connectivity index (χ4n) is 1.29. The monoisotopic (exact) mass is 253 g/mol. The van der Waals surface area contributed by atoms with E-state index in [1.165, 1.54) is 18.3 Å². The summed E-state index contributed by atoms with van der Waals surface area (Å²) in [5, 5.41) is 2.36. The number of ether oxygens (including phenoxy) is 1. The summed E-state index contributed by atoms with van der Waals surface area (Å²) < 4.78 is 4.38. The Morgan fingerprint density at radius 2 is 1.83 bits per heavy atom. The van der Waals surface area contributed by atoms with Gasteiger partial charge < -0.3 is 10.1 Å². The molecule has 0 heterocycles. The average molecular weight is 253 g/mol. The first kappa shape index (κ1) is 16.4. The second-order valence-corrected chi connectivity index (χ2v) is 4.46. The summed E-state index contributed by atoms with van der Waals surface area (Å²) in [6.07, 6.45) is 5.83. The maximum absolute atomic E-state index is 11.4. The zero-order valence-corrected chi connectivity index (χ0v) is 11.7. The molecular weight excluding hydrogens is 230 g/mol. The van der Waals surface area contributed by atoms with Crippen LogP contribution < -0.4 is 5.32 Å². The van der Waals surface area contributed by atoms with Gasteiger partial charge in [-0.3, -0.25) is 4.79 Å². The van der Waals surface area contributed by atoms with Crippen LogP contribution in [-0.2, 0) is 9.53 Å². The molecule has 0 saturated heterocycles. The van der Waals surface area contributed by atoms with E-state index in [1.54, 1.807) is 0 Å². The topological polar surface area (TPSA) is 55.4 Å². The summed E-state index contributed by atoms with van der Waals surface area (Å²) in [5.74, 6) is -0.0260. The highest BCUT2D eigenvalue weighted by Gasteiger charge is 2.03. The highest BCUT2D eigenvalue weighted by atomic mass is 16.5. The molecule has 0 atom stereocenters. The number of carbonyl (C=O) groups excluding carboxylic acids is 2. The average Bonchev–Trinajstić information content (AvgIpc) is 2.32. The fraction of sp³-hybridized carbons (Fsp3) is 0.571. The van der Waals surface area contributed by atoms with E-state index in [1.807, 2.05) is 13.0 Å². The van der Waals surface area contributed by atoms with Gasteiger partial charge in [0.1, 0.15) is 0 Å². The fourth-order valence-corrected chi connectivity index (χ4v) is 1.29. The predicted octanol–water partition coefficient (Wildman–Crippen LogP) is 2.99. The number of methoxy groups -OCH3 is 1. The van der Waals surface area contributed by atoms with Gasteiger partial charge in [0.2, 0.25) is 0 Å². The van der Waals surface area contributed by atoms with Crippen LogP contribution in [0.2, 0.25) is 0 Å². The van der Waals surface area contributed by atoms with Crippen LogP contribution in [-0.4, -0.2) is 25.5 Å². The quantitative estimate of drug-likeness (QED) is 0.710. The Balaban J connectivity index is 3.87. The number of allylic oxidation sites excluding steroid dienone is 4. The van der Waals surface area contributed by atoms with Gasteiger partial charge >= 0.3 is 6.09 Å². The van der Waals surface area contributed by atoms with Crippen LogP contribution in [0.1, 0.15) is 40.0 Å². The molecule has 0 aromatic heterocycles. The van der Waals surface area contributed by atoms with E-state index in [4.69, 9.17) is 0 Å².